The Balaban J connectivity index is 1.69. The predicted octanol–water partition coefficient (Wildman–Crippen LogP) is 3.62. The molecule has 22 heavy (non-hydrogen) atoms. The molecular formula is C18H24N2O2. The van der Waals surface area contributed by atoms with E-state index in [1.165, 1.54) is 12.8 Å². The van der Waals surface area contributed by atoms with Crippen molar-refractivity contribution in [3.8, 4) is 0 Å². The minimum absolute atomic E-state index is 0.0441. The van der Waals surface area contributed by atoms with Gasteiger partial charge in [-0.05, 0) is 37.3 Å². The minimum atomic E-state index is 0.0441. The number of benzene rings is 1. The largest absolute Gasteiger partial charge is 0.356 e. The normalized spacial score (nSPS) is 25.3. The Kier molecular flexibility index (Phi) is 4.19. The van der Waals surface area contributed by atoms with Crippen molar-refractivity contribution in [2.45, 2.75) is 52.5 Å². The molecule has 1 aliphatic rings. The van der Waals surface area contributed by atoms with Crippen molar-refractivity contribution in [2.24, 2.45) is 11.8 Å². The Bertz CT molecular complexity index is 677. The van der Waals surface area contributed by atoms with Gasteiger partial charge in [0, 0.05) is 11.4 Å². The zero-order valence-electron chi connectivity index (χ0n) is 13.6. The number of hydrogen-bond donors (Lipinski definition) is 1. The Labute approximate surface area is 131 Å². The zero-order valence-corrected chi connectivity index (χ0v) is 13.6. The number of rotatable bonds is 3. The molecule has 1 N–H and O–H groups in total. The molecule has 1 aliphatic carbocycles. The SMILES string of the molecule is Cc1ccc2onc(CC(=O)N[C@@H]3CCC[C@H](C)[C@@H]3C)c2c1. The second-order valence-electron chi connectivity index (χ2n) is 6.75. The predicted molar refractivity (Wildman–Crippen MR) is 86.6 cm³/mol. The number of carbonyl (C=O) groups excluding carboxylic acids is 1. The average Bonchev–Trinajstić information content (AvgIpc) is 2.86. The maximum absolute atomic E-state index is 12.4. The molecule has 0 unspecified atom stereocenters. The van der Waals surface area contributed by atoms with E-state index in [1.54, 1.807) is 0 Å². The molecule has 118 valence electrons. The summed E-state index contributed by atoms with van der Waals surface area (Å²) < 4.78 is 5.30. The number of fused-ring (bicyclic) bond motifs is 1. The van der Waals surface area contributed by atoms with Crippen LogP contribution >= 0.6 is 0 Å². The first-order chi connectivity index (χ1) is 10.5. The molecule has 3 rings (SSSR count). The third kappa shape index (κ3) is 3.01. The monoisotopic (exact) mass is 300 g/mol. The Morgan fingerprint density at radius 3 is 3.00 bits per heavy atom. The summed E-state index contributed by atoms with van der Waals surface area (Å²) >= 11 is 0. The van der Waals surface area contributed by atoms with Crippen molar-refractivity contribution in [1.82, 2.24) is 10.5 Å². The third-order valence-electron chi connectivity index (χ3n) is 5.08. The molecule has 0 aliphatic heterocycles. The molecule has 0 saturated heterocycles. The van der Waals surface area contributed by atoms with Gasteiger partial charge in [-0.1, -0.05) is 43.5 Å². The first-order valence-electron chi connectivity index (χ1n) is 8.19. The van der Waals surface area contributed by atoms with Crippen LogP contribution in [0.3, 0.4) is 0 Å². The molecule has 1 saturated carbocycles. The molecule has 1 heterocycles. The lowest BCUT2D eigenvalue weighted by atomic mass is 9.78. The van der Waals surface area contributed by atoms with Crippen LogP contribution in [0, 0.1) is 18.8 Å². The maximum Gasteiger partial charge on any atom is 0.226 e. The van der Waals surface area contributed by atoms with Gasteiger partial charge in [0.25, 0.3) is 0 Å². The molecule has 0 bridgehead atoms. The summed E-state index contributed by atoms with van der Waals surface area (Å²) in [7, 11) is 0. The van der Waals surface area contributed by atoms with Crippen molar-refractivity contribution in [3.05, 3.63) is 29.5 Å². The van der Waals surface area contributed by atoms with Gasteiger partial charge in [0.15, 0.2) is 5.58 Å². The second-order valence-corrected chi connectivity index (χ2v) is 6.75. The van der Waals surface area contributed by atoms with Crippen LogP contribution in [0.4, 0.5) is 0 Å². The molecule has 1 fully saturated rings. The lowest BCUT2D eigenvalue weighted by molar-refractivity contribution is -0.121. The van der Waals surface area contributed by atoms with Crippen LogP contribution in [0.1, 0.15) is 44.4 Å². The maximum atomic E-state index is 12.4. The first-order valence-corrected chi connectivity index (χ1v) is 8.19. The van der Waals surface area contributed by atoms with Crippen molar-refractivity contribution in [3.63, 3.8) is 0 Å². The molecule has 1 aromatic heterocycles. The first kappa shape index (κ1) is 15.1. The number of hydrogen-bond acceptors (Lipinski definition) is 3. The Hall–Kier alpha value is -1.84. The van der Waals surface area contributed by atoms with Gasteiger partial charge in [-0.2, -0.15) is 0 Å². The van der Waals surface area contributed by atoms with Gasteiger partial charge >= 0.3 is 0 Å². The van der Waals surface area contributed by atoms with Gasteiger partial charge in [-0.15, -0.1) is 0 Å². The average molecular weight is 300 g/mol. The van der Waals surface area contributed by atoms with Gasteiger partial charge in [0.05, 0.1) is 6.42 Å². The zero-order chi connectivity index (χ0) is 15.7. The molecule has 1 amide bonds. The van der Waals surface area contributed by atoms with Crippen LogP contribution in [0.15, 0.2) is 22.7 Å². The van der Waals surface area contributed by atoms with Crippen LogP contribution in [-0.4, -0.2) is 17.1 Å². The van der Waals surface area contributed by atoms with E-state index in [-0.39, 0.29) is 18.4 Å². The quantitative estimate of drug-likeness (QED) is 0.942. The summed E-state index contributed by atoms with van der Waals surface area (Å²) in [5.41, 5.74) is 2.62. The van der Waals surface area contributed by atoms with Gasteiger partial charge in [-0.25, -0.2) is 0 Å². The minimum Gasteiger partial charge on any atom is -0.356 e. The highest BCUT2D eigenvalue weighted by Gasteiger charge is 2.28. The van der Waals surface area contributed by atoms with E-state index in [9.17, 15) is 4.79 Å². The van der Waals surface area contributed by atoms with Crippen molar-refractivity contribution < 1.29 is 9.32 Å². The summed E-state index contributed by atoms with van der Waals surface area (Å²) in [4.78, 5) is 12.4. The van der Waals surface area contributed by atoms with E-state index >= 15 is 0 Å². The second kappa shape index (κ2) is 6.11. The fraction of sp³-hybridized carbons (Fsp3) is 0.556. The van der Waals surface area contributed by atoms with E-state index in [0.717, 1.165) is 28.6 Å². The molecule has 4 heteroatoms. The van der Waals surface area contributed by atoms with E-state index < -0.39 is 0 Å². The van der Waals surface area contributed by atoms with Crippen molar-refractivity contribution in [1.29, 1.82) is 0 Å². The summed E-state index contributed by atoms with van der Waals surface area (Å²) in [5.74, 6) is 1.26. The molecule has 2 aromatic rings. The standard InChI is InChI=1S/C18H24N2O2/c1-11-7-8-17-14(9-11)16(20-22-17)10-18(21)19-15-6-4-5-12(2)13(15)3/h7-9,12-13,15H,4-6,10H2,1-3H3,(H,19,21)/t12-,13-,15+/m0/s1. The smallest absolute Gasteiger partial charge is 0.226 e. The van der Waals surface area contributed by atoms with Crippen LogP contribution in [0.5, 0.6) is 0 Å². The summed E-state index contributed by atoms with van der Waals surface area (Å²) in [5, 5.41) is 8.21. The lowest BCUT2D eigenvalue weighted by Gasteiger charge is -2.34. The molecule has 3 atom stereocenters. The number of nitrogens with zero attached hydrogens (tertiary/aromatic N) is 1. The Morgan fingerprint density at radius 2 is 2.18 bits per heavy atom. The van der Waals surface area contributed by atoms with Gasteiger partial charge in [-0.3, -0.25) is 4.79 Å². The van der Waals surface area contributed by atoms with Gasteiger partial charge in [0.2, 0.25) is 5.91 Å². The molecular weight excluding hydrogens is 276 g/mol. The summed E-state index contributed by atoms with van der Waals surface area (Å²) in [6.07, 6.45) is 3.83. The van der Waals surface area contributed by atoms with E-state index in [1.807, 2.05) is 25.1 Å². The van der Waals surface area contributed by atoms with Crippen LogP contribution in [-0.2, 0) is 11.2 Å². The lowest BCUT2D eigenvalue weighted by Crippen LogP contribution is -2.44. The fourth-order valence-corrected chi connectivity index (χ4v) is 3.43. The van der Waals surface area contributed by atoms with Crippen LogP contribution in [0.2, 0.25) is 0 Å². The molecule has 1 aromatic carbocycles. The van der Waals surface area contributed by atoms with Gasteiger partial charge < -0.3 is 9.84 Å². The number of aromatic nitrogens is 1. The van der Waals surface area contributed by atoms with Gasteiger partial charge in [0.1, 0.15) is 5.69 Å². The van der Waals surface area contributed by atoms with Crippen molar-refractivity contribution in [2.75, 3.05) is 0 Å². The highest BCUT2D eigenvalue weighted by Crippen LogP contribution is 2.29. The van der Waals surface area contributed by atoms with E-state index in [2.05, 4.69) is 24.3 Å². The van der Waals surface area contributed by atoms with Crippen molar-refractivity contribution >= 4 is 16.9 Å². The number of nitrogens with one attached hydrogen (secondary N) is 1. The number of amides is 1. The summed E-state index contributed by atoms with van der Waals surface area (Å²) in [6.45, 7) is 6.54. The molecule has 0 spiro atoms. The highest BCUT2D eigenvalue weighted by atomic mass is 16.5. The third-order valence-corrected chi connectivity index (χ3v) is 5.08. The highest BCUT2D eigenvalue weighted by molar-refractivity contribution is 5.86. The molecule has 0 radical (unpaired) electrons. The topological polar surface area (TPSA) is 55.1 Å². The van der Waals surface area contributed by atoms with E-state index in [4.69, 9.17) is 4.52 Å². The van der Waals surface area contributed by atoms with Crippen LogP contribution < -0.4 is 5.32 Å². The van der Waals surface area contributed by atoms with E-state index in [0.29, 0.717) is 11.8 Å². The number of aryl methyl sites for hydroxylation is 1. The molecule has 4 nitrogen and oxygen atoms in total. The number of carbonyl (C=O) groups is 1. The Morgan fingerprint density at radius 1 is 1.36 bits per heavy atom. The van der Waals surface area contributed by atoms with Crippen LogP contribution in [0.25, 0.3) is 11.0 Å². The summed E-state index contributed by atoms with van der Waals surface area (Å²) in [6, 6.07) is 6.21. The fourth-order valence-electron chi connectivity index (χ4n) is 3.43.